The summed E-state index contributed by atoms with van der Waals surface area (Å²) in [6.45, 7) is 0. The fraction of sp³-hybridized carbons (Fsp3) is 0.412. The van der Waals surface area contributed by atoms with Gasteiger partial charge in [0, 0.05) is 12.3 Å². The van der Waals surface area contributed by atoms with Crippen LogP contribution in [0.15, 0.2) is 42.5 Å². The molecule has 1 saturated carbocycles. The van der Waals surface area contributed by atoms with Crippen molar-refractivity contribution in [2.45, 2.75) is 25.3 Å². The van der Waals surface area contributed by atoms with Gasteiger partial charge < -0.3 is 11.1 Å². The maximum atomic E-state index is 12.4. The Kier molecular flexibility index (Phi) is 3.78. The molecule has 0 saturated heterocycles. The maximum Gasteiger partial charge on any atom is 0.240 e. The number of primary amides is 1. The molecule has 21 heavy (non-hydrogen) atoms. The number of benzene rings is 1. The number of nitrogens with one attached hydrogen (secondary N) is 1. The summed E-state index contributed by atoms with van der Waals surface area (Å²) in [5.41, 5.74) is 6.43. The van der Waals surface area contributed by atoms with Gasteiger partial charge in [-0.25, -0.2) is 0 Å². The maximum absolute atomic E-state index is 12.4. The van der Waals surface area contributed by atoms with Gasteiger partial charge in [0.2, 0.25) is 11.8 Å². The van der Waals surface area contributed by atoms with E-state index in [1.807, 2.05) is 30.3 Å². The topological polar surface area (TPSA) is 72.2 Å². The highest BCUT2D eigenvalue weighted by molar-refractivity contribution is 5.88. The zero-order valence-electron chi connectivity index (χ0n) is 11.9. The molecule has 4 nitrogen and oxygen atoms in total. The molecule has 0 aromatic heterocycles. The molecule has 4 atom stereocenters. The smallest absolute Gasteiger partial charge is 0.240 e. The molecule has 1 aromatic rings. The van der Waals surface area contributed by atoms with Crippen molar-refractivity contribution < 1.29 is 9.59 Å². The third-order valence-corrected chi connectivity index (χ3v) is 4.56. The minimum absolute atomic E-state index is 0.00220. The summed E-state index contributed by atoms with van der Waals surface area (Å²) in [6, 6.07) is 8.97. The second kappa shape index (κ2) is 5.72. The second-order valence-corrected chi connectivity index (χ2v) is 6.04. The van der Waals surface area contributed by atoms with E-state index in [0.29, 0.717) is 18.3 Å². The van der Waals surface area contributed by atoms with Crippen molar-refractivity contribution in [2.75, 3.05) is 0 Å². The van der Waals surface area contributed by atoms with Crippen LogP contribution in [0.5, 0.6) is 0 Å². The van der Waals surface area contributed by atoms with Gasteiger partial charge in [-0.3, -0.25) is 9.59 Å². The fourth-order valence-corrected chi connectivity index (χ4v) is 3.43. The van der Waals surface area contributed by atoms with Crippen LogP contribution in [0.3, 0.4) is 0 Å². The Morgan fingerprint density at radius 2 is 1.95 bits per heavy atom. The SMILES string of the molecule is NC(=O)C(Cc1ccccc1)NC(=O)C1CC2C=CC1C2. The van der Waals surface area contributed by atoms with Crippen molar-refractivity contribution in [3.8, 4) is 0 Å². The van der Waals surface area contributed by atoms with Gasteiger partial charge in [0.05, 0.1) is 0 Å². The number of hydrogen-bond donors (Lipinski definition) is 2. The van der Waals surface area contributed by atoms with Gasteiger partial charge in [-0.15, -0.1) is 0 Å². The number of nitrogens with two attached hydrogens (primary N) is 1. The van der Waals surface area contributed by atoms with Crippen molar-refractivity contribution in [1.82, 2.24) is 5.32 Å². The van der Waals surface area contributed by atoms with Gasteiger partial charge in [-0.2, -0.15) is 0 Å². The third-order valence-electron chi connectivity index (χ3n) is 4.56. The average molecular weight is 284 g/mol. The second-order valence-electron chi connectivity index (χ2n) is 6.04. The Bertz CT molecular complexity index is 567. The van der Waals surface area contributed by atoms with Crippen LogP contribution in [0, 0.1) is 17.8 Å². The van der Waals surface area contributed by atoms with Gasteiger partial charge in [-0.1, -0.05) is 42.5 Å². The average Bonchev–Trinajstić information content (AvgIpc) is 3.10. The van der Waals surface area contributed by atoms with E-state index in [2.05, 4.69) is 17.5 Å². The molecule has 110 valence electrons. The van der Waals surface area contributed by atoms with E-state index in [1.54, 1.807) is 0 Å². The molecule has 2 aliphatic rings. The lowest BCUT2D eigenvalue weighted by Crippen LogP contribution is -2.48. The molecule has 0 aliphatic heterocycles. The Labute approximate surface area is 124 Å². The predicted octanol–water partition coefficient (Wildman–Crippen LogP) is 1.41. The van der Waals surface area contributed by atoms with Gasteiger partial charge in [0.1, 0.15) is 6.04 Å². The molecule has 2 amide bonds. The molecule has 2 aliphatic carbocycles. The molecule has 3 rings (SSSR count). The Balaban J connectivity index is 1.64. The molecule has 0 heterocycles. The van der Waals surface area contributed by atoms with Crippen molar-refractivity contribution >= 4 is 11.8 Å². The molecule has 1 aromatic carbocycles. The summed E-state index contributed by atoms with van der Waals surface area (Å²) in [4.78, 5) is 24.0. The van der Waals surface area contributed by atoms with Crippen LogP contribution in [-0.2, 0) is 16.0 Å². The number of carbonyl (C=O) groups excluding carboxylic acids is 2. The molecular weight excluding hydrogens is 264 g/mol. The fourth-order valence-electron chi connectivity index (χ4n) is 3.43. The van der Waals surface area contributed by atoms with Crippen LogP contribution in [-0.4, -0.2) is 17.9 Å². The van der Waals surface area contributed by atoms with E-state index in [4.69, 9.17) is 5.73 Å². The third kappa shape index (κ3) is 2.99. The van der Waals surface area contributed by atoms with Crippen LogP contribution in [0.4, 0.5) is 0 Å². The summed E-state index contributed by atoms with van der Waals surface area (Å²) in [5, 5.41) is 2.84. The predicted molar refractivity (Wildman–Crippen MR) is 80.1 cm³/mol. The van der Waals surface area contributed by atoms with Crippen molar-refractivity contribution in [3.05, 3.63) is 48.0 Å². The van der Waals surface area contributed by atoms with E-state index in [9.17, 15) is 9.59 Å². The first-order valence-electron chi connectivity index (χ1n) is 7.45. The first kappa shape index (κ1) is 13.9. The molecular formula is C17H20N2O2. The van der Waals surface area contributed by atoms with Crippen molar-refractivity contribution in [3.63, 3.8) is 0 Å². The molecule has 0 spiro atoms. The Morgan fingerprint density at radius 1 is 1.19 bits per heavy atom. The first-order chi connectivity index (χ1) is 10.1. The summed E-state index contributed by atoms with van der Waals surface area (Å²) in [6.07, 6.45) is 6.74. The normalized spacial score (nSPS) is 27.5. The molecule has 4 unspecified atom stereocenters. The zero-order valence-corrected chi connectivity index (χ0v) is 11.9. The molecule has 3 N–H and O–H groups in total. The van der Waals surface area contributed by atoms with Crippen LogP contribution in [0.1, 0.15) is 18.4 Å². The standard InChI is InChI=1S/C17H20N2O2/c18-16(20)15(10-11-4-2-1-3-5-11)19-17(21)14-9-12-6-7-13(14)8-12/h1-7,12-15H,8-10H2,(H2,18,20)(H,19,21). The van der Waals surface area contributed by atoms with E-state index < -0.39 is 11.9 Å². The highest BCUT2D eigenvalue weighted by Gasteiger charge is 2.40. The quantitative estimate of drug-likeness (QED) is 0.802. The number of allylic oxidation sites excluding steroid dienone is 2. The number of rotatable bonds is 5. The minimum Gasteiger partial charge on any atom is -0.368 e. The van der Waals surface area contributed by atoms with E-state index in [0.717, 1.165) is 18.4 Å². The first-order valence-corrected chi connectivity index (χ1v) is 7.45. The largest absolute Gasteiger partial charge is 0.368 e. The number of carbonyl (C=O) groups is 2. The van der Waals surface area contributed by atoms with Gasteiger partial charge in [0.15, 0.2) is 0 Å². The van der Waals surface area contributed by atoms with Crippen molar-refractivity contribution in [2.24, 2.45) is 23.5 Å². The van der Waals surface area contributed by atoms with E-state index >= 15 is 0 Å². The number of hydrogen-bond acceptors (Lipinski definition) is 2. The summed E-state index contributed by atoms with van der Waals surface area (Å²) >= 11 is 0. The summed E-state index contributed by atoms with van der Waals surface area (Å²) < 4.78 is 0. The van der Waals surface area contributed by atoms with Gasteiger partial charge >= 0.3 is 0 Å². The zero-order chi connectivity index (χ0) is 14.8. The highest BCUT2D eigenvalue weighted by Crippen LogP contribution is 2.43. The lowest BCUT2D eigenvalue weighted by molar-refractivity contribution is -0.130. The molecule has 1 fully saturated rings. The molecule has 4 heteroatoms. The van der Waals surface area contributed by atoms with E-state index in [-0.39, 0.29) is 11.8 Å². The summed E-state index contributed by atoms with van der Waals surface area (Å²) in [5.74, 6) is 0.349. The Hall–Kier alpha value is -2.10. The van der Waals surface area contributed by atoms with Crippen molar-refractivity contribution in [1.29, 1.82) is 0 Å². The lowest BCUT2D eigenvalue weighted by Gasteiger charge is -2.21. The number of amides is 2. The highest BCUT2D eigenvalue weighted by atomic mass is 16.2. The lowest BCUT2D eigenvalue weighted by atomic mass is 9.92. The van der Waals surface area contributed by atoms with Gasteiger partial charge in [0.25, 0.3) is 0 Å². The van der Waals surface area contributed by atoms with Gasteiger partial charge in [-0.05, 0) is 30.2 Å². The minimum atomic E-state index is -0.636. The molecule has 2 bridgehead atoms. The Morgan fingerprint density at radius 3 is 2.52 bits per heavy atom. The van der Waals surface area contributed by atoms with E-state index in [1.165, 1.54) is 0 Å². The van der Waals surface area contributed by atoms with Crippen LogP contribution in [0.25, 0.3) is 0 Å². The van der Waals surface area contributed by atoms with Crippen LogP contribution in [0.2, 0.25) is 0 Å². The summed E-state index contributed by atoms with van der Waals surface area (Å²) in [7, 11) is 0. The molecule has 0 radical (unpaired) electrons. The monoisotopic (exact) mass is 284 g/mol. The van der Waals surface area contributed by atoms with Crippen LogP contribution < -0.4 is 11.1 Å². The number of fused-ring (bicyclic) bond motifs is 2. The van der Waals surface area contributed by atoms with Crippen LogP contribution >= 0.6 is 0 Å².